The van der Waals surface area contributed by atoms with Crippen LogP contribution in [-0.4, -0.2) is 32.8 Å². The van der Waals surface area contributed by atoms with Gasteiger partial charge < -0.3 is 20.6 Å². The Bertz CT molecular complexity index is 426. The second-order valence-corrected chi connectivity index (χ2v) is 4.34. The van der Waals surface area contributed by atoms with Crippen molar-refractivity contribution in [2.24, 2.45) is 5.92 Å². The quantitative estimate of drug-likeness (QED) is 0.589. The fourth-order valence-electron chi connectivity index (χ4n) is 2.24. The topological polar surface area (TPSA) is 107 Å². The maximum atomic E-state index is 11.3. The van der Waals surface area contributed by atoms with Gasteiger partial charge in [-0.2, -0.15) is 0 Å². The van der Waals surface area contributed by atoms with E-state index in [1.54, 1.807) is 19.9 Å². The Kier molecular flexibility index (Phi) is 4.00. The molecule has 0 unspecified atom stereocenters. The summed E-state index contributed by atoms with van der Waals surface area (Å²) in [6, 6.07) is 0. The summed E-state index contributed by atoms with van der Waals surface area (Å²) >= 11 is 0. The minimum Gasteiger partial charge on any atom is -0.510 e. The van der Waals surface area contributed by atoms with Gasteiger partial charge in [0.2, 0.25) is 0 Å². The first kappa shape index (κ1) is 14.1. The molecule has 0 radical (unpaired) electrons. The molecule has 1 aliphatic heterocycles. The normalized spacial score (nSPS) is 24.6. The lowest BCUT2D eigenvalue weighted by Gasteiger charge is -2.40. The zero-order valence-electron chi connectivity index (χ0n) is 10.3. The van der Waals surface area contributed by atoms with Crippen LogP contribution >= 0.6 is 0 Å². The molecule has 0 fully saturated rings. The number of nitrogens with one attached hydrogen (secondary N) is 1. The van der Waals surface area contributed by atoms with Gasteiger partial charge in [0.05, 0.1) is 12.3 Å². The zero-order chi connectivity index (χ0) is 13.9. The number of allylic oxidation sites excluding steroid dienone is 3. The number of carbonyl (C=O) groups is 2. The van der Waals surface area contributed by atoms with Gasteiger partial charge >= 0.3 is 11.9 Å². The summed E-state index contributed by atoms with van der Waals surface area (Å²) in [6.07, 6.45) is 2.74. The Morgan fingerprint density at radius 1 is 1.39 bits per heavy atom. The largest absolute Gasteiger partial charge is 0.510 e. The van der Waals surface area contributed by atoms with Crippen molar-refractivity contribution < 1.29 is 24.9 Å². The van der Waals surface area contributed by atoms with Gasteiger partial charge in [0.15, 0.2) is 0 Å². The van der Waals surface area contributed by atoms with E-state index in [9.17, 15) is 19.8 Å². The molecule has 1 aliphatic rings. The van der Waals surface area contributed by atoms with E-state index in [1.807, 2.05) is 0 Å². The summed E-state index contributed by atoms with van der Waals surface area (Å²) in [7, 11) is 0. The van der Waals surface area contributed by atoms with Crippen molar-refractivity contribution in [3.05, 3.63) is 23.6 Å². The van der Waals surface area contributed by atoms with Crippen molar-refractivity contribution >= 4 is 11.9 Å². The molecule has 1 rings (SSSR count). The predicted octanol–water partition coefficient (Wildman–Crippen LogP) is 1.26. The molecule has 2 atom stereocenters. The molecule has 0 spiro atoms. The van der Waals surface area contributed by atoms with E-state index in [-0.39, 0.29) is 12.2 Å². The van der Waals surface area contributed by atoms with E-state index < -0.39 is 29.8 Å². The maximum absolute atomic E-state index is 11.3. The smallest absolute Gasteiger partial charge is 0.309 e. The van der Waals surface area contributed by atoms with Gasteiger partial charge in [0.25, 0.3) is 0 Å². The molecule has 6 heteroatoms. The highest BCUT2D eigenvalue weighted by molar-refractivity contribution is 5.80. The first-order valence-electron chi connectivity index (χ1n) is 5.64. The fraction of sp³-hybridized carbons (Fsp3) is 0.500. The molecule has 18 heavy (non-hydrogen) atoms. The summed E-state index contributed by atoms with van der Waals surface area (Å²) in [6.45, 7) is 3.43. The highest BCUT2D eigenvalue weighted by atomic mass is 16.4. The number of carboxylic acid groups (broad SMARTS) is 2. The third-order valence-electron chi connectivity index (χ3n) is 3.20. The van der Waals surface area contributed by atoms with Gasteiger partial charge in [0.1, 0.15) is 11.3 Å². The Hall–Kier alpha value is -1.98. The van der Waals surface area contributed by atoms with Crippen LogP contribution in [0, 0.1) is 5.92 Å². The molecule has 0 saturated heterocycles. The monoisotopic (exact) mass is 255 g/mol. The molecule has 0 amide bonds. The third kappa shape index (κ3) is 2.47. The minimum absolute atomic E-state index is 0.149. The second-order valence-electron chi connectivity index (χ2n) is 4.34. The molecule has 0 saturated carbocycles. The SMILES string of the molecule is CC[C@@]1([C@@H](CC(=O)O)C(=O)O)NC(C)=CC=C1O. The van der Waals surface area contributed by atoms with E-state index in [0.29, 0.717) is 5.70 Å². The summed E-state index contributed by atoms with van der Waals surface area (Å²) in [5.41, 5.74) is -0.574. The average molecular weight is 255 g/mol. The van der Waals surface area contributed by atoms with E-state index in [2.05, 4.69) is 5.32 Å². The zero-order valence-corrected chi connectivity index (χ0v) is 10.3. The van der Waals surface area contributed by atoms with Crippen LogP contribution in [0.2, 0.25) is 0 Å². The number of rotatable bonds is 5. The Balaban J connectivity index is 3.20. The Morgan fingerprint density at radius 2 is 2.00 bits per heavy atom. The maximum Gasteiger partial charge on any atom is 0.309 e. The summed E-state index contributed by atoms with van der Waals surface area (Å²) in [5, 5.41) is 30.9. The number of carboxylic acids is 2. The van der Waals surface area contributed by atoms with E-state index >= 15 is 0 Å². The first-order chi connectivity index (χ1) is 8.33. The molecule has 1 heterocycles. The molecule has 6 nitrogen and oxygen atoms in total. The lowest BCUT2D eigenvalue weighted by molar-refractivity contribution is -0.151. The molecule has 0 aromatic carbocycles. The summed E-state index contributed by atoms with van der Waals surface area (Å²) in [5.74, 6) is -3.84. The molecule has 100 valence electrons. The van der Waals surface area contributed by atoms with Crippen LogP contribution in [0.15, 0.2) is 23.6 Å². The number of dihydropyridines is 1. The van der Waals surface area contributed by atoms with Crippen molar-refractivity contribution in [1.82, 2.24) is 5.32 Å². The third-order valence-corrected chi connectivity index (χ3v) is 3.20. The highest BCUT2D eigenvalue weighted by Crippen LogP contribution is 2.34. The highest BCUT2D eigenvalue weighted by Gasteiger charge is 2.47. The van der Waals surface area contributed by atoms with Gasteiger partial charge in [-0.05, 0) is 25.5 Å². The number of aliphatic carboxylic acids is 2. The van der Waals surface area contributed by atoms with Crippen molar-refractivity contribution in [3.8, 4) is 0 Å². The second kappa shape index (κ2) is 5.12. The summed E-state index contributed by atoms with van der Waals surface area (Å²) in [4.78, 5) is 22.1. The van der Waals surface area contributed by atoms with Gasteiger partial charge in [-0.1, -0.05) is 6.92 Å². The lowest BCUT2D eigenvalue weighted by Crippen LogP contribution is -2.56. The van der Waals surface area contributed by atoms with Crippen LogP contribution in [0.4, 0.5) is 0 Å². The molecular weight excluding hydrogens is 238 g/mol. The Morgan fingerprint density at radius 3 is 2.44 bits per heavy atom. The average Bonchev–Trinajstić information content (AvgIpc) is 2.29. The number of hydrogen-bond donors (Lipinski definition) is 4. The van der Waals surface area contributed by atoms with E-state index in [0.717, 1.165) is 0 Å². The molecular formula is C12H17NO5. The van der Waals surface area contributed by atoms with E-state index in [4.69, 9.17) is 5.11 Å². The molecule has 4 N–H and O–H groups in total. The van der Waals surface area contributed by atoms with Gasteiger partial charge in [0, 0.05) is 5.70 Å². The van der Waals surface area contributed by atoms with Crippen molar-refractivity contribution in [1.29, 1.82) is 0 Å². The van der Waals surface area contributed by atoms with Crippen LogP contribution in [0.3, 0.4) is 0 Å². The molecule has 0 aromatic rings. The Labute approximate surface area is 105 Å². The van der Waals surface area contributed by atoms with E-state index in [1.165, 1.54) is 6.08 Å². The summed E-state index contributed by atoms with van der Waals surface area (Å²) < 4.78 is 0. The minimum atomic E-state index is -1.26. The van der Waals surface area contributed by atoms with Gasteiger partial charge in [-0.15, -0.1) is 0 Å². The van der Waals surface area contributed by atoms with Crippen LogP contribution in [-0.2, 0) is 9.59 Å². The lowest BCUT2D eigenvalue weighted by atomic mass is 9.76. The van der Waals surface area contributed by atoms with Crippen molar-refractivity contribution in [3.63, 3.8) is 0 Å². The molecule has 0 aromatic heterocycles. The van der Waals surface area contributed by atoms with Crippen LogP contribution in [0.5, 0.6) is 0 Å². The fourth-order valence-corrected chi connectivity index (χ4v) is 2.24. The first-order valence-corrected chi connectivity index (χ1v) is 5.64. The van der Waals surface area contributed by atoms with Crippen LogP contribution < -0.4 is 5.32 Å². The molecule has 0 bridgehead atoms. The number of aliphatic hydroxyl groups is 1. The predicted molar refractivity (Wildman–Crippen MR) is 64.0 cm³/mol. The van der Waals surface area contributed by atoms with Gasteiger partial charge in [-0.3, -0.25) is 9.59 Å². The van der Waals surface area contributed by atoms with Crippen molar-refractivity contribution in [2.45, 2.75) is 32.2 Å². The van der Waals surface area contributed by atoms with Gasteiger partial charge in [-0.25, -0.2) is 0 Å². The van der Waals surface area contributed by atoms with Crippen molar-refractivity contribution in [2.75, 3.05) is 0 Å². The number of aliphatic hydroxyl groups excluding tert-OH is 1. The van der Waals surface area contributed by atoms with Crippen LogP contribution in [0.1, 0.15) is 26.7 Å². The standard InChI is InChI=1S/C12H17NO5/c1-3-12(8(11(17)18)6-10(15)16)9(14)5-4-7(2)13-12/h4-5,8,13-14H,3,6H2,1-2H3,(H,15,16)(H,17,18)/t8-,12-/m0/s1. The molecule has 0 aliphatic carbocycles. The number of hydrogen-bond acceptors (Lipinski definition) is 4. The van der Waals surface area contributed by atoms with Crippen LogP contribution in [0.25, 0.3) is 0 Å².